The van der Waals surface area contributed by atoms with Crippen molar-refractivity contribution in [3.63, 3.8) is 0 Å². The SMILES string of the molecule is Cc1cc(NCC2(N(C)C)CCC2)c(Br)cc1[N+](=O)[O-]. The van der Waals surface area contributed by atoms with Gasteiger partial charge in [-0.1, -0.05) is 0 Å². The molecule has 0 spiro atoms. The first-order valence-corrected chi connectivity index (χ1v) is 7.51. The van der Waals surface area contributed by atoms with E-state index in [1.54, 1.807) is 13.0 Å². The smallest absolute Gasteiger partial charge is 0.273 e. The van der Waals surface area contributed by atoms with E-state index in [4.69, 9.17) is 0 Å². The number of nitro benzene ring substituents is 1. The molecular formula is C14H20BrN3O2. The van der Waals surface area contributed by atoms with Gasteiger partial charge in [-0.2, -0.15) is 0 Å². The number of hydrogen-bond acceptors (Lipinski definition) is 4. The monoisotopic (exact) mass is 341 g/mol. The lowest BCUT2D eigenvalue weighted by atomic mass is 9.75. The Balaban J connectivity index is 2.14. The lowest BCUT2D eigenvalue weighted by Crippen LogP contribution is -2.54. The molecule has 1 aliphatic carbocycles. The highest BCUT2D eigenvalue weighted by Crippen LogP contribution is 2.37. The number of rotatable bonds is 5. The average Bonchev–Trinajstić information content (AvgIpc) is 2.30. The van der Waals surface area contributed by atoms with E-state index in [0.29, 0.717) is 5.56 Å². The standard InChI is InChI=1S/C14H20BrN3O2/c1-10-7-12(11(15)8-13(10)18(19)20)16-9-14(17(2)3)5-4-6-14/h7-8,16H,4-6,9H2,1-3H3. The first-order valence-electron chi connectivity index (χ1n) is 6.71. The Hall–Kier alpha value is -1.14. The van der Waals surface area contributed by atoms with Crippen molar-refractivity contribution < 1.29 is 4.92 Å². The van der Waals surface area contributed by atoms with Gasteiger partial charge in [0, 0.05) is 33.9 Å². The van der Waals surface area contributed by atoms with Crippen molar-refractivity contribution in [1.29, 1.82) is 0 Å². The highest BCUT2D eigenvalue weighted by molar-refractivity contribution is 9.10. The topological polar surface area (TPSA) is 58.4 Å². The highest BCUT2D eigenvalue weighted by Gasteiger charge is 2.38. The molecule has 0 unspecified atom stereocenters. The fourth-order valence-corrected chi connectivity index (χ4v) is 3.10. The van der Waals surface area contributed by atoms with E-state index in [1.807, 2.05) is 6.07 Å². The Morgan fingerprint density at radius 2 is 2.10 bits per heavy atom. The number of benzene rings is 1. The largest absolute Gasteiger partial charge is 0.382 e. The van der Waals surface area contributed by atoms with Gasteiger partial charge in [-0.05, 0) is 62.3 Å². The maximum atomic E-state index is 10.9. The molecule has 1 aromatic rings. The molecule has 2 rings (SSSR count). The van der Waals surface area contributed by atoms with Gasteiger partial charge >= 0.3 is 0 Å². The van der Waals surface area contributed by atoms with Crippen LogP contribution in [0.2, 0.25) is 0 Å². The third-order valence-corrected chi connectivity index (χ3v) is 4.98. The minimum Gasteiger partial charge on any atom is -0.382 e. The Bertz CT molecular complexity index is 527. The van der Waals surface area contributed by atoms with E-state index in [0.717, 1.165) is 16.7 Å². The number of likely N-dealkylation sites (N-methyl/N-ethyl adjacent to an activating group) is 1. The van der Waals surface area contributed by atoms with Gasteiger partial charge in [-0.25, -0.2) is 0 Å². The van der Waals surface area contributed by atoms with Crippen LogP contribution >= 0.6 is 15.9 Å². The van der Waals surface area contributed by atoms with Crippen molar-refractivity contribution in [3.05, 3.63) is 32.3 Å². The molecule has 5 nitrogen and oxygen atoms in total. The molecule has 110 valence electrons. The molecule has 0 bridgehead atoms. The zero-order valence-electron chi connectivity index (χ0n) is 12.1. The molecule has 20 heavy (non-hydrogen) atoms. The Kier molecular flexibility index (Phi) is 4.34. The normalized spacial score (nSPS) is 16.9. The van der Waals surface area contributed by atoms with Crippen LogP contribution in [0.5, 0.6) is 0 Å². The van der Waals surface area contributed by atoms with Crippen LogP contribution in [0.15, 0.2) is 16.6 Å². The van der Waals surface area contributed by atoms with Gasteiger partial charge in [0.05, 0.1) is 4.92 Å². The minimum absolute atomic E-state index is 0.147. The lowest BCUT2D eigenvalue weighted by molar-refractivity contribution is -0.385. The summed E-state index contributed by atoms with van der Waals surface area (Å²) in [6.07, 6.45) is 3.65. The summed E-state index contributed by atoms with van der Waals surface area (Å²) < 4.78 is 0.739. The third kappa shape index (κ3) is 2.81. The quantitative estimate of drug-likeness (QED) is 0.657. The van der Waals surface area contributed by atoms with Crippen LogP contribution in [0.4, 0.5) is 11.4 Å². The van der Waals surface area contributed by atoms with E-state index >= 15 is 0 Å². The van der Waals surface area contributed by atoms with Gasteiger partial charge in [0.2, 0.25) is 0 Å². The summed E-state index contributed by atoms with van der Waals surface area (Å²) in [7, 11) is 4.22. The van der Waals surface area contributed by atoms with Crippen molar-refractivity contribution in [1.82, 2.24) is 4.90 Å². The van der Waals surface area contributed by atoms with Crippen LogP contribution in [-0.2, 0) is 0 Å². The maximum absolute atomic E-state index is 10.9. The van der Waals surface area contributed by atoms with Gasteiger partial charge in [-0.3, -0.25) is 10.1 Å². The van der Waals surface area contributed by atoms with Gasteiger partial charge in [0.1, 0.15) is 0 Å². The molecule has 0 aromatic heterocycles. The van der Waals surface area contributed by atoms with Gasteiger partial charge in [0.15, 0.2) is 0 Å². The Labute approximate surface area is 127 Å². The van der Waals surface area contributed by atoms with Crippen molar-refractivity contribution >= 4 is 27.3 Å². The van der Waals surface area contributed by atoms with E-state index in [9.17, 15) is 10.1 Å². The van der Waals surface area contributed by atoms with Crippen molar-refractivity contribution in [3.8, 4) is 0 Å². The molecule has 1 aromatic carbocycles. The molecule has 0 heterocycles. The predicted molar refractivity (Wildman–Crippen MR) is 84.3 cm³/mol. The summed E-state index contributed by atoms with van der Waals surface area (Å²) in [5, 5.41) is 14.3. The molecule has 6 heteroatoms. The fourth-order valence-electron chi connectivity index (χ4n) is 2.63. The fraction of sp³-hybridized carbons (Fsp3) is 0.571. The van der Waals surface area contributed by atoms with Crippen molar-refractivity contribution in [2.75, 3.05) is 26.0 Å². The summed E-state index contributed by atoms with van der Waals surface area (Å²) in [6.45, 7) is 2.62. The number of aryl methyl sites for hydroxylation is 1. The molecule has 0 aliphatic heterocycles. The van der Waals surface area contributed by atoms with E-state index in [-0.39, 0.29) is 16.1 Å². The maximum Gasteiger partial charge on any atom is 0.273 e. The van der Waals surface area contributed by atoms with E-state index in [2.05, 4.69) is 40.2 Å². The molecule has 1 N–H and O–H groups in total. The second-order valence-electron chi connectivity index (χ2n) is 5.70. The van der Waals surface area contributed by atoms with Crippen molar-refractivity contribution in [2.24, 2.45) is 0 Å². The van der Waals surface area contributed by atoms with Gasteiger partial charge in [0.25, 0.3) is 5.69 Å². The molecule has 1 saturated carbocycles. The number of nitro groups is 1. The second-order valence-corrected chi connectivity index (χ2v) is 6.56. The summed E-state index contributed by atoms with van der Waals surface area (Å²) >= 11 is 3.41. The number of nitrogens with zero attached hydrogens (tertiary/aromatic N) is 2. The van der Waals surface area contributed by atoms with Gasteiger partial charge < -0.3 is 10.2 Å². The Morgan fingerprint density at radius 1 is 1.45 bits per heavy atom. The molecule has 0 atom stereocenters. The number of hydrogen-bond donors (Lipinski definition) is 1. The molecule has 0 amide bonds. The molecule has 0 saturated heterocycles. The van der Waals surface area contributed by atoms with Crippen molar-refractivity contribution in [2.45, 2.75) is 31.7 Å². The first-order chi connectivity index (χ1) is 9.35. The third-order valence-electron chi connectivity index (χ3n) is 4.32. The molecular weight excluding hydrogens is 322 g/mol. The predicted octanol–water partition coefficient (Wildman–Crippen LogP) is 3.56. The summed E-state index contributed by atoms with van der Waals surface area (Å²) in [4.78, 5) is 12.8. The molecule has 1 aliphatic rings. The van der Waals surface area contributed by atoms with Gasteiger partial charge in [-0.15, -0.1) is 0 Å². The van der Waals surface area contributed by atoms with E-state index < -0.39 is 0 Å². The molecule has 1 fully saturated rings. The van der Waals surface area contributed by atoms with Crippen LogP contribution in [0, 0.1) is 17.0 Å². The Morgan fingerprint density at radius 3 is 2.55 bits per heavy atom. The van der Waals surface area contributed by atoms with Crippen LogP contribution < -0.4 is 5.32 Å². The van der Waals surface area contributed by atoms with Crippen LogP contribution in [0.1, 0.15) is 24.8 Å². The minimum atomic E-state index is -0.350. The van der Waals surface area contributed by atoms with Crippen LogP contribution in [0.25, 0.3) is 0 Å². The van der Waals surface area contributed by atoms with E-state index in [1.165, 1.54) is 19.3 Å². The number of nitrogens with one attached hydrogen (secondary N) is 1. The van der Waals surface area contributed by atoms with Crippen LogP contribution in [-0.4, -0.2) is 36.0 Å². The lowest BCUT2D eigenvalue weighted by Gasteiger charge is -2.47. The first kappa shape index (κ1) is 15.3. The second kappa shape index (κ2) is 5.69. The molecule has 0 radical (unpaired) electrons. The zero-order chi connectivity index (χ0) is 14.9. The summed E-state index contributed by atoms with van der Waals surface area (Å²) in [6, 6.07) is 3.41. The summed E-state index contributed by atoms with van der Waals surface area (Å²) in [5.74, 6) is 0. The van der Waals surface area contributed by atoms with Crippen LogP contribution in [0.3, 0.4) is 0 Å². The highest BCUT2D eigenvalue weighted by atomic mass is 79.9. The zero-order valence-corrected chi connectivity index (χ0v) is 13.7. The number of halogens is 1. The average molecular weight is 342 g/mol. The summed E-state index contributed by atoms with van der Waals surface area (Å²) in [5.41, 5.74) is 1.96. The number of anilines is 1.